The molecule has 0 bridgehead atoms. The van der Waals surface area contributed by atoms with Crippen molar-refractivity contribution in [2.45, 2.75) is 13.2 Å². The van der Waals surface area contributed by atoms with Gasteiger partial charge in [0.05, 0.1) is 25.6 Å². The van der Waals surface area contributed by atoms with Crippen LogP contribution in [0, 0.1) is 0 Å². The number of pyridine rings is 2. The van der Waals surface area contributed by atoms with E-state index in [4.69, 9.17) is 18.9 Å². The Balaban J connectivity index is 1.19. The van der Waals surface area contributed by atoms with Gasteiger partial charge in [0.15, 0.2) is 28.8 Å². The van der Waals surface area contributed by atoms with Gasteiger partial charge >= 0.3 is 0 Å². The molecule has 6 rings (SSSR count). The molecule has 0 unspecified atom stereocenters. The van der Waals surface area contributed by atoms with Crippen LogP contribution in [-0.4, -0.2) is 30.0 Å². The van der Waals surface area contributed by atoms with Gasteiger partial charge in [-0.2, -0.15) is 0 Å². The average Bonchev–Trinajstić information content (AvgIpc) is 3.13. The second-order valence-electron chi connectivity index (χ2n) is 10.5. The fourth-order valence-electron chi connectivity index (χ4n) is 4.99. The summed E-state index contributed by atoms with van der Waals surface area (Å²) in [6.07, 6.45) is 3.27. The van der Waals surface area contributed by atoms with Crippen LogP contribution in [0.25, 0.3) is 22.5 Å². The molecule has 2 heterocycles. The quantitative estimate of drug-likeness (QED) is 0.130. The summed E-state index contributed by atoms with van der Waals surface area (Å²) in [6, 6.07) is 38.1. The number of rotatable bonds is 12. The van der Waals surface area contributed by atoms with Crippen LogP contribution in [0.15, 0.2) is 134 Å². The summed E-state index contributed by atoms with van der Waals surface area (Å²) in [5.41, 5.74) is 6.02. The lowest BCUT2D eigenvalue weighted by Gasteiger charge is -2.13. The van der Waals surface area contributed by atoms with Gasteiger partial charge in [0, 0.05) is 34.6 Å². The van der Waals surface area contributed by atoms with Crippen LogP contribution in [0.5, 0.6) is 23.0 Å². The number of benzene rings is 4. The zero-order chi connectivity index (χ0) is 31.7. The van der Waals surface area contributed by atoms with Crippen molar-refractivity contribution in [2.75, 3.05) is 14.2 Å². The van der Waals surface area contributed by atoms with Crippen molar-refractivity contribution in [1.29, 1.82) is 0 Å². The molecule has 0 N–H and O–H groups in total. The SMILES string of the molecule is COc1cc(-c2cc(C(=O)c3ccnc(-c4ccc(OCc5ccccc5)c(OC)c4)c3)ccn2)ccc1OCc1ccccc1. The Morgan fingerprint density at radius 2 is 0.957 bits per heavy atom. The van der Waals surface area contributed by atoms with Crippen LogP contribution in [-0.2, 0) is 13.2 Å². The average molecular weight is 609 g/mol. The number of aromatic nitrogens is 2. The molecule has 0 aliphatic carbocycles. The molecule has 228 valence electrons. The molecule has 7 heteroatoms. The number of hydrogen-bond donors (Lipinski definition) is 0. The van der Waals surface area contributed by atoms with E-state index in [1.54, 1.807) is 50.9 Å². The minimum atomic E-state index is -0.142. The lowest BCUT2D eigenvalue weighted by Crippen LogP contribution is -2.03. The van der Waals surface area contributed by atoms with Crippen LogP contribution < -0.4 is 18.9 Å². The highest BCUT2D eigenvalue weighted by Gasteiger charge is 2.15. The van der Waals surface area contributed by atoms with Crippen molar-refractivity contribution in [3.05, 3.63) is 156 Å². The molecule has 4 aromatic carbocycles. The number of hydrogen-bond acceptors (Lipinski definition) is 7. The molecule has 0 saturated heterocycles. The Kier molecular flexibility index (Phi) is 9.30. The third-order valence-electron chi connectivity index (χ3n) is 7.44. The third-order valence-corrected chi connectivity index (χ3v) is 7.44. The van der Waals surface area contributed by atoms with Gasteiger partial charge in [0.25, 0.3) is 0 Å². The van der Waals surface area contributed by atoms with E-state index in [0.29, 0.717) is 58.7 Å². The van der Waals surface area contributed by atoms with E-state index >= 15 is 0 Å². The molecule has 2 aromatic heterocycles. The summed E-state index contributed by atoms with van der Waals surface area (Å²) in [7, 11) is 3.20. The lowest BCUT2D eigenvalue weighted by atomic mass is 10.0. The highest BCUT2D eigenvalue weighted by atomic mass is 16.5. The third kappa shape index (κ3) is 7.05. The first kappa shape index (κ1) is 30.1. The van der Waals surface area contributed by atoms with Gasteiger partial charge in [-0.25, -0.2) is 0 Å². The summed E-state index contributed by atoms with van der Waals surface area (Å²) in [5, 5.41) is 0. The topological polar surface area (TPSA) is 79.8 Å². The highest BCUT2D eigenvalue weighted by Crippen LogP contribution is 2.34. The zero-order valence-electron chi connectivity index (χ0n) is 25.6. The Hall–Kier alpha value is -5.95. The fraction of sp³-hybridized carbons (Fsp3) is 0.103. The smallest absolute Gasteiger partial charge is 0.193 e. The molecule has 0 amide bonds. The predicted octanol–water partition coefficient (Wildman–Crippen LogP) is 8.22. The van der Waals surface area contributed by atoms with Crippen molar-refractivity contribution in [3.8, 4) is 45.5 Å². The van der Waals surface area contributed by atoms with Crippen molar-refractivity contribution in [2.24, 2.45) is 0 Å². The number of methoxy groups -OCH3 is 2. The van der Waals surface area contributed by atoms with Gasteiger partial charge < -0.3 is 18.9 Å². The van der Waals surface area contributed by atoms with Crippen LogP contribution in [0.1, 0.15) is 27.0 Å². The molecule has 0 radical (unpaired) electrons. The summed E-state index contributed by atoms with van der Waals surface area (Å²) in [4.78, 5) is 22.7. The van der Waals surface area contributed by atoms with Crippen LogP contribution in [0.2, 0.25) is 0 Å². The molecule has 0 atom stereocenters. The molecule has 7 nitrogen and oxygen atoms in total. The normalized spacial score (nSPS) is 10.7. The predicted molar refractivity (Wildman–Crippen MR) is 177 cm³/mol. The standard InChI is InChI=1S/C39H32N2O5/c1-43-37-23-29(13-15-35(37)45-25-27-9-5-3-6-10-27)33-21-31(17-19-40-33)39(42)32-18-20-41-34(22-32)30-14-16-36(38(24-30)44-2)46-26-28-11-7-4-8-12-28/h3-24H,25-26H2,1-2H3. The van der Waals surface area contributed by atoms with Gasteiger partial charge in [-0.15, -0.1) is 0 Å². The monoisotopic (exact) mass is 608 g/mol. The molecule has 46 heavy (non-hydrogen) atoms. The van der Waals surface area contributed by atoms with Crippen molar-refractivity contribution >= 4 is 5.78 Å². The lowest BCUT2D eigenvalue weighted by molar-refractivity contribution is 0.103. The Morgan fingerprint density at radius 3 is 1.37 bits per heavy atom. The van der Waals surface area contributed by atoms with E-state index in [0.717, 1.165) is 22.3 Å². The first-order valence-electron chi connectivity index (χ1n) is 14.8. The minimum absolute atomic E-state index is 0.142. The Labute approximate surface area is 268 Å². The van der Waals surface area contributed by atoms with Gasteiger partial charge in [0.2, 0.25) is 0 Å². The largest absolute Gasteiger partial charge is 0.493 e. The maximum absolute atomic E-state index is 13.7. The van der Waals surface area contributed by atoms with E-state index in [1.165, 1.54) is 0 Å². The van der Waals surface area contributed by atoms with E-state index in [9.17, 15) is 4.79 Å². The second-order valence-corrected chi connectivity index (χ2v) is 10.5. The highest BCUT2D eigenvalue weighted by molar-refractivity contribution is 6.09. The summed E-state index contributed by atoms with van der Waals surface area (Å²) < 4.78 is 23.2. The number of nitrogens with zero attached hydrogens (tertiary/aromatic N) is 2. The van der Waals surface area contributed by atoms with E-state index in [-0.39, 0.29) is 5.78 Å². The Morgan fingerprint density at radius 1 is 0.522 bits per heavy atom. The zero-order valence-corrected chi connectivity index (χ0v) is 25.6. The molecule has 0 spiro atoms. The van der Waals surface area contributed by atoms with E-state index < -0.39 is 0 Å². The van der Waals surface area contributed by atoms with Gasteiger partial charge in [-0.3, -0.25) is 14.8 Å². The first-order valence-corrected chi connectivity index (χ1v) is 14.8. The Bertz CT molecular complexity index is 1800. The molecule has 0 saturated carbocycles. The van der Waals surface area contributed by atoms with Crippen molar-refractivity contribution in [3.63, 3.8) is 0 Å². The van der Waals surface area contributed by atoms with Crippen LogP contribution >= 0.6 is 0 Å². The van der Waals surface area contributed by atoms with Crippen molar-refractivity contribution in [1.82, 2.24) is 9.97 Å². The maximum Gasteiger partial charge on any atom is 0.193 e. The number of ketones is 1. The fourth-order valence-corrected chi connectivity index (χ4v) is 4.99. The molecule has 0 fully saturated rings. The van der Waals surface area contributed by atoms with E-state index in [2.05, 4.69) is 9.97 Å². The van der Waals surface area contributed by atoms with E-state index in [1.807, 2.05) is 97.1 Å². The number of ether oxygens (including phenoxy) is 4. The maximum atomic E-state index is 13.7. The molecule has 6 aromatic rings. The van der Waals surface area contributed by atoms with Gasteiger partial charge in [0.1, 0.15) is 13.2 Å². The summed E-state index contributed by atoms with van der Waals surface area (Å²) >= 11 is 0. The second kappa shape index (κ2) is 14.2. The number of carbonyl (C=O) groups excluding carboxylic acids is 1. The summed E-state index contributed by atoms with van der Waals surface area (Å²) in [5.74, 6) is 2.27. The molecule has 0 aliphatic rings. The molecular formula is C39H32N2O5. The van der Waals surface area contributed by atoms with Crippen LogP contribution in [0.3, 0.4) is 0 Å². The summed E-state index contributed by atoms with van der Waals surface area (Å²) in [6.45, 7) is 0.845. The molecule has 0 aliphatic heterocycles. The first-order chi connectivity index (χ1) is 22.6. The molecular weight excluding hydrogens is 576 g/mol. The van der Waals surface area contributed by atoms with Crippen LogP contribution in [0.4, 0.5) is 0 Å². The van der Waals surface area contributed by atoms with Crippen molar-refractivity contribution < 1.29 is 23.7 Å². The number of carbonyl (C=O) groups is 1. The van der Waals surface area contributed by atoms with Gasteiger partial charge in [-0.05, 0) is 71.8 Å². The minimum Gasteiger partial charge on any atom is -0.493 e. The van der Waals surface area contributed by atoms with Gasteiger partial charge in [-0.1, -0.05) is 60.7 Å².